The van der Waals surface area contributed by atoms with Gasteiger partial charge in [-0.05, 0) is 13.1 Å². The van der Waals surface area contributed by atoms with Crippen LogP contribution in [-0.2, 0) is 0 Å². The van der Waals surface area contributed by atoms with Crippen LogP contribution in [0.5, 0.6) is 11.5 Å². The van der Waals surface area contributed by atoms with Gasteiger partial charge in [0.2, 0.25) is 0 Å². The molecule has 0 saturated heterocycles. The second kappa shape index (κ2) is 6.09. The van der Waals surface area contributed by atoms with Crippen molar-refractivity contribution in [1.29, 1.82) is 0 Å². The number of para-hydroxylation sites is 1. The van der Waals surface area contributed by atoms with Crippen LogP contribution in [0.15, 0.2) is 24.3 Å². The molecule has 0 bridgehead atoms. The summed E-state index contributed by atoms with van der Waals surface area (Å²) in [4.78, 5) is 0. The summed E-state index contributed by atoms with van der Waals surface area (Å²) in [5.74, 6) is 1.52. The number of hydrogen-bond donors (Lipinski definition) is 1. The third kappa shape index (κ3) is 2.99. The fraction of sp³-hybridized carbons (Fsp3) is 0.333. The number of hydrogen-bond acceptors (Lipinski definition) is 3. The average molecular weight is 207 g/mol. The van der Waals surface area contributed by atoms with Crippen LogP contribution in [0.4, 0.5) is 0 Å². The lowest BCUT2D eigenvalue weighted by atomic mass is 10.1. The molecule has 0 fully saturated rings. The van der Waals surface area contributed by atoms with E-state index in [0.29, 0.717) is 0 Å². The highest BCUT2D eigenvalue weighted by Gasteiger charge is 2.05. The highest BCUT2D eigenvalue weighted by atomic mass is 16.5. The Balaban J connectivity index is 2.95. The van der Waals surface area contributed by atoms with Crippen molar-refractivity contribution in [2.24, 2.45) is 0 Å². The minimum atomic E-state index is 0.754. The molecule has 1 aromatic rings. The molecular formula is C12H17NO2. The SMILES string of the molecule is CNCC=Cc1cccc(OC)c1OC. The lowest BCUT2D eigenvalue weighted by Crippen LogP contribution is -2.03. The Morgan fingerprint density at radius 1 is 1.27 bits per heavy atom. The van der Waals surface area contributed by atoms with Crippen molar-refractivity contribution < 1.29 is 9.47 Å². The summed E-state index contributed by atoms with van der Waals surface area (Å²) < 4.78 is 10.5. The summed E-state index contributed by atoms with van der Waals surface area (Å²) in [5.41, 5.74) is 1.02. The summed E-state index contributed by atoms with van der Waals surface area (Å²) in [6.45, 7) is 0.834. The molecule has 1 N–H and O–H groups in total. The van der Waals surface area contributed by atoms with Gasteiger partial charge in [-0.15, -0.1) is 0 Å². The maximum absolute atomic E-state index is 5.30. The first-order chi connectivity index (χ1) is 7.33. The van der Waals surface area contributed by atoms with Gasteiger partial charge in [-0.3, -0.25) is 0 Å². The van der Waals surface area contributed by atoms with Gasteiger partial charge < -0.3 is 14.8 Å². The van der Waals surface area contributed by atoms with Gasteiger partial charge in [-0.1, -0.05) is 24.3 Å². The Bertz CT molecular complexity index is 334. The predicted molar refractivity (Wildman–Crippen MR) is 62.5 cm³/mol. The lowest BCUT2D eigenvalue weighted by molar-refractivity contribution is 0.354. The van der Waals surface area contributed by atoms with Crippen molar-refractivity contribution in [2.45, 2.75) is 0 Å². The first kappa shape index (κ1) is 11.6. The molecule has 0 saturated carbocycles. The fourth-order valence-corrected chi connectivity index (χ4v) is 1.35. The maximum Gasteiger partial charge on any atom is 0.167 e. The van der Waals surface area contributed by atoms with Crippen LogP contribution < -0.4 is 14.8 Å². The third-order valence-electron chi connectivity index (χ3n) is 2.05. The van der Waals surface area contributed by atoms with Gasteiger partial charge >= 0.3 is 0 Å². The number of benzene rings is 1. The van der Waals surface area contributed by atoms with Crippen LogP contribution in [0.2, 0.25) is 0 Å². The molecule has 0 spiro atoms. The normalized spacial score (nSPS) is 10.6. The Kier molecular flexibility index (Phi) is 4.71. The summed E-state index contributed by atoms with van der Waals surface area (Å²) in [7, 11) is 5.19. The first-order valence-electron chi connectivity index (χ1n) is 4.85. The predicted octanol–water partition coefficient (Wildman–Crippen LogP) is 1.94. The first-order valence-corrected chi connectivity index (χ1v) is 4.85. The zero-order chi connectivity index (χ0) is 11.1. The Labute approximate surface area is 90.7 Å². The van der Waals surface area contributed by atoms with Crippen molar-refractivity contribution in [2.75, 3.05) is 27.8 Å². The standard InChI is InChI=1S/C12H17NO2/c1-13-9-5-7-10-6-4-8-11(14-2)12(10)15-3/h4-8,13H,9H2,1-3H3. The molecule has 0 unspecified atom stereocenters. The number of rotatable bonds is 5. The Morgan fingerprint density at radius 2 is 2.07 bits per heavy atom. The summed E-state index contributed by atoms with van der Waals surface area (Å²) in [6.07, 6.45) is 4.05. The van der Waals surface area contributed by atoms with Crippen LogP contribution >= 0.6 is 0 Å². The molecule has 15 heavy (non-hydrogen) atoms. The molecule has 0 heterocycles. The van der Waals surface area contributed by atoms with Gasteiger partial charge in [0.05, 0.1) is 14.2 Å². The van der Waals surface area contributed by atoms with E-state index in [1.165, 1.54) is 0 Å². The van der Waals surface area contributed by atoms with Crippen molar-refractivity contribution in [3.63, 3.8) is 0 Å². The molecule has 3 nitrogen and oxygen atoms in total. The zero-order valence-corrected chi connectivity index (χ0v) is 9.41. The van der Waals surface area contributed by atoms with E-state index in [2.05, 4.69) is 5.32 Å². The summed E-state index contributed by atoms with van der Waals surface area (Å²) >= 11 is 0. The van der Waals surface area contributed by atoms with Gasteiger partial charge in [0.15, 0.2) is 11.5 Å². The van der Waals surface area contributed by atoms with Gasteiger partial charge in [-0.2, -0.15) is 0 Å². The van der Waals surface area contributed by atoms with E-state index in [1.807, 2.05) is 37.4 Å². The van der Waals surface area contributed by atoms with Crippen molar-refractivity contribution >= 4 is 6.08 Å². The second-order valence-electron chi connectivity index (χ2n) is 3.04. The third-order valence-corrected chi connectivity index (χ3v) is 2.05. The van der Waals surface area contributed by atoms with E-state index in [4.69, 9.17) is 9.47 Å². The molecule has 1 rings (SSSR count). The molecule has 0 aliphatic heterocycles. The van der Waals surface area contributed by atoms with Crippen molar-refractivity contribution in [3.05, 3.63) is 29.8 Å². The fourth-order valence-electron chi connectivity index (χ4n) is 1.35. The van der Waals surface area contributed by atoms with E-state index in [9.17, 15) is 0 Å². The smallest absolute Gasteiger partial charge is 0.167 e. The minimum Gasteiger partial charge on any atom is -0.493 e. The number of nitrogens with one attached hydrogen (secondary N) is 1. The van der Waals surface area contributed by atoms with Gasteiger partial charge in [0, 0.05) is 12.1 Å². The van der Waals surface area contributed by atoms with E-state index in [0.717, 1.165) is 23.6 Å². The molecule has 3 heteroatoms. The number of likely N-dealkylation sites (N-methyl/N-ethyl adjacent to an activating group) is 1. The molecule has 82 valence electrons. The molecular weight excluding hydrogens is 190 g/mol. The van der Waals surface area contributed by atoms with Gasteiger partial charge in [0.1, 0.15) is 0 Å². The number of ether oxygens (including phenoxy) is 2. The van der Waals surface area contributed by atoms with Crippen molar-refractivity contribution in [3.8, 4) is 11.5 Å². The quantitative estimate of drug-likeness (QED) is 0.800. The average Bonchev–Trinajstić information content (AvgIpc) is 2.29. The van der Waals surface area contributed by atoms with Gasteiger partial charge in [0.25, 0.3) is 0 Å². The van der Waals surface area contributed by atoms with Crippen LogP contribution in [0.1, 0.15) is 5.56 Å². The lowest BCUT2D eigenvalue weighted by Gasteiger charge is -2.09. The van der Waals surface area contributed by atoms with Crippen LogP contribution in [0, 0.1) is 0 Å². The van der Waals surface area contributed by atoms with E-state index in [-0.39, 0.29) is 0 Å². The highest BCUT2D eigenvalue weighted by molar-refractivity contribution is 5.62. The zero-order valence-electron chi connectivity index (χ0n) is 9.41. The van der Waals surface area contributed by atoms with E-state index >= 15 is 0 Å². The Hall–Kier alpha value is -1.48. The topological polar surface area (TPSA) is 30.5 Å². The molecule has 0 aliphatic rings. The molecule has 0 atom stereocenters. The summed E-state index contributed by atoms with van der Waals surface area (Å²) in [5, 5.41) is 3.05. The van der Waals surface area contributed by atoms with E-state index in [1.54, 1.807) is 14.2 Å². The van der Waals surface area contributed by atoms with Crippen LogP contribution in [0.3, 0.4) is 0 Å². The minimum absolute atomic E-state index is 0.754. The van der Waals surface area contributed by atoms with Crippen molar-refractivity contribution in [1.82, 2.24) is 5.32 Å². The largest absolute Gasteiger partial charge is 0.493 e. The Morgan fingerprint density at radius 3 is 2.67 bits per heavy atom. The molecule has 1 aromatic carbocycles. The highest BCUT2D eigenvalue weighted by Crippen LogP contribution is 2.31. The van der Waals surface area contributed by atoms with E-state index < -0.39 is 0 Å². The summed E-state index contributed by atoms with van der Waals surface area (Å²) in [6, 6.07) is 5.82. The van der Waals surface area contributed by atoms with Gasteiger partial charge in [-0.25, -0.2) is 0 Å². The monoisotopic (exact) mass is 207 g/mol. The van der Waals surface area contributed by atoms with Crippen LogP contribution in [0.25, 0.3) is 6.08 Å². The maximum atomic E-state index is 5.30. The molecule has 0 amide bonds. The number of methoxy groups -OCH3 is 2. The van der Waals surface area contributed by atoms with Crippen LogP contribution in [-0.4, -0.2) is 27.8 Å². The molecule has 0 radical (unpaired) electrons. The molecule has 0 aromatic heterocycles. The molecule has 0 aliphatic carbocycles. The second-order valence-corrected chi connectivity index (χ2v) is 3.04.